The topological polar surface area (TPSA) is 92.8 Å². The molecule has 2 heterocycles. The summed E-state index contributed by atoms with van der Waals surface area (Å²) in [5.41, 5.74) is 1.79. The maximum atomic E-state index is 11.8. The largest absolute Gasteiger partial charge is 0.465 e. The summed E-state index contributed by atoms with van der Waals surface area (Å²) in [4.78, 5) is 14.1. The minimum absolute atomic E-state index is 0.182. The van der Waals surface area contributed by atoms with Crippen LogP contribution in [0.25, 0.3) is 5.69 Å². The summed E-state index contributed by atoms with van der Waals surface area (Å²) in [5.74, 6) is 0.913. The van der Waals surface area contributed by atoms with Crippen molar-refractivity contribution in [3.63, 3.8) is 0 Å². The number of para-hydroxylation sites is 1. The van der Waals surface area contributed by atoms with Gasteiger partial charge in [0, 0.05) is 30.6 Å². The Kier molecular flexibility index (Phi) is 7.27. The molecule has 9 heteroatoms. The first-order valence-electron chi connectivity index (χ1n) is 9.76. The molecule has 1 aromatic carbocycles. The van der Waals surface area contributed by atoms with Crippen molar-refractivity contribution in [3.05, 3.63) is 36.2 Å². The van der Waals surface area contributed by atoms with E-state index in [4.69, 9.17) is 4.74 Å². The molecule has 1 N–H and O–H groups in total. The number of nitrogens with zero attached hydrogens (tertiary/aromatic N) is 5. The highest BCUT2D eigenvalue weighted by atomic mass is 32.2. The van der Waals surface area contributed by atoms with Crippen LogP contribution in [0, 0.1) is 5.92 Å². The minimum Gasteiger partial charge on any atom is -0.465 e. The number of oxime groups is 1. The number of rotatable bonds is 7. The van der Waals surface area contributed by atoms with Crippen LogP contribution >= 0.6 is 11.8 Å². The van der Waals surface area contributed by atoms with Gasteiger partial charge in [0.2, 0.25) is 0 Å². The SMILES string of the molecule is CCOC(=O)CSc1nnc(CN2C[C@@H](C)/C(=N/O)C[C@@H]2C)n1-c1ccccc1. The maximum Gasteiger partial charge on any atom is 0.316 e. The van der Waals surface area contributed by atoms with Crippen LogP contribution in [0.15, 0.2) is 40.6 Å². The molecule has 1 aliphatic rings. The fraction of sp³-hybridized carbons (Fsp3) is 0.500. The molecule has 0 radical (unpaired) electrons. The molecule has 29 heavy (non-hydrogen) atoms. The van der Waals surface area contributed by atoms with E-state index in [1.807, 2.05) is 34.9 Å². The molecular formula is C20H27N5O3S. The zero-order valence-corrected chi connectivity index (χ0v) is 17.8. The van der Waals surface area contributed by atoms with Crippen LogP contribution in [0.5, 0.6) is 0 Å². The van der Waals surface area contributed by atoms with Crippen molar-refractivity contribution in [1.82, 2.24) is 19.7 Å². The number of esters is 1. The normalized spacial score (nSPS) is 21.4. The molecule has 2 atom stereocenters. The van der Waals surface area contributed by atoms with Gasteiger partial charge in [0.15, 0.2) is 11.0 Å². The van der Waals surface area contributed by atoms with E-state index in [9.17, 15) is 10.0 Å². The van der Waals surface area contributed by atoms with Gasteiger partial charge in [-0.3, -0.25) is 14.3 Å². The lowest BCUT2D eigenvalue weighted by Gasteiger charge is -2.36. The smallest absolute Gasteiger partial charge is 0.316 e. The van der Waals surface area contributed by atoms with E-state index in [0.29, 0.717) is 18.3 Å². The van der Waals surface area contributed by atoms with Gasteiger partial charge in [0.1, 0.15) is 0 Å². The monoisotopic (exact) mass is 417 g/mol. The van der Waals surface area contributed by atoms with Gasteiger partial charge in [0.25, 0.3) is 0 Å². The van der Waals surface area contributed by atoms with Gasteiger partial charge in [-0.2, -0.15) is 0 Å². The van der Waals surface area contributed by atoms with E-state index in [0.717, 1.165) is 30.2 Å². The average molecular weight is 418 g/mol. The Bertz CT molecular complexity index is 855. The van der Waals surface area contributed by atoms with Crippen LogP contribution in [-0.4, -0.2) is 61.5 Å². The lowest BCUT2D eigenvalue weighted by atomic mass is 9.93. The Balaban J connectivity index is 1.84. The molecule has 1 aliphatic heterocycles. The van der Waals surface area contributed by atoms with Crippen molar-refractivity contribution >= 4 is 23.4 Å². The van der Waals surface area contributed by atoms with Crippen molar-refractivity contribution in [2.75, 3.05) is 18.9 Å². The summed E-state index contributed by atoms with van der Waals surface area (Å²) < 4.78 is 7.02. The minimum atomic E-state index is -0.268. The summed E-state index contributed by atoms with van der Waals surface area (Å²) in [6.07, 6.45) is 0.724. The fourth-order valence-electron chi connectivity index (χ4n) is 3.47. The Morgan fingerprint density at radius 2 is 2.07 bits per heavy atom. The Labute approximate surface area is 174 Å². The second-order valence-corrected chi connectivity index (χ2v) is 8.08. The van der Waals surface area contributed by atoms with Crippen molar-refractivity contribution in [1.29, 1.82) is 0 Å². The first kappa shape index (κ1) is 21.3. The molecule has 1 fully saturated rings. The molecule has 3 rings (SSSR count). The third-order valence-electron chi connectivity index (χ3n) is 5.02. The standard InChI is InChI=1S/C20H27N5O3S/c1-4-28-19(26)13-29-20-22-21-18(25(20)16-8-6-5-7-9-16)12-24-11-14(2)17(23-27)10-15(24)3/h5-9,14-15,27H,4,10-13H2,1-3H3/b23-17+/t14-,15+/m1/s1. The quantitative estimate of drug-likeness (QED) is 0.320. The van der Waals surface area contributed by atoms with E-state index in [1.165, 1.54) is 11.8 Å². The Morgan fingerprint density at radius 1 is 1.31 bits per heavy atom. The highest BCUT2D eigenvalue weighted by molar-refractivity contribution is 7.99. The molecule has 0 bridgehead atoms. The molecule has 1 saturated heterocycles. The molecule has 0 saturated carbocycles. The molecule has 8 nitrogen and oxygen atoms in total. The highest BCUT2D eigenvalue weighted by Crippen LogP contribution is 2.26. The summed E-state index contributed by atoms with van der Waals surface area (Å²) in [6, 6.07) is 10.1. The molecule has 0 aliphatic carbocycles. The Morgan fingerprint density at radius 3 is 2.76 bits per heavy atom. The summed E-state index contributed by atoms with van der Waals surface area (Å²) in [7, 11) is 0. The molecule has 156 valence electrons. The zero-order valence-electron chi connectivity index (χ0n) is 17.0. The first-order chi connectivity index (χ1) is 14.0. The lowest BCUT2D eigenvalue weighted by molar-refractivity contribution is -0.139. The Hall–Kier alpha value is -2.39. The molecule has 1 aromatic heterocycles. The van der Waals surface area contributed by atoms with Crippen LogP contribution in [0.4, 0.5) is 0 Å². The number of hydrogen-bond acceptors (Lipinski definition) is 8. The number of carbonyl (C=O) groups excluding carboxylic acids is 1. The molecule has 0 unspecified atom stereocenters. The predicted octanol–water partition coefficient (Wildman–Crippen LogP) is 2.98. The number of thioether (sulfide) groups is 1. The third kappa shape index (κ3) is 5.16. The number of ether oxygens (including phenoxy) is 1. The van der Waals surface area contributed by atoms with Gasteiger partial charge in [0.05, 0.1) is 24.6 Å². The van der Waals surface area contributed by atoms with Crippen molar-refractivity contribution in [2.45, 2.75) is 44.9 Å². The number of aromatic nitrogens is 3. The zero-order chi connectivity index (χ0) is 20.8. The van der Waals surface area contributed by atoms with Crippen molar-refractivity contribution in [2.24, 2.45) is 11.1 Å². The number of hydrogen-bond donors (Lipinski definition) is 1. The first-order valence-corrected chi connectivity index (χ1v) is 10.7. The van der Waals surface area contributed by atoms with E-state index < -0.39 is 0 Å². The fourth-order valence-corrected chi connectivity index (χ4v) is 4.24. The van der Waals surface area contributed by atoms with Gasteiger partial charge in [-0.05, 0) is 26.0 Å². The molecule has 0 amide bonds. The summed E-state index contributed by atoms with van der Waals surface area (Å²) >= 11 is 1.32. The van der Waals surface area contributed by atoms with Crippen LogP contribution in [0.2, 0.25) is 0 Å². The van der Waals surface area contributed by atoms with Crippen molar-refractivity contribution < 1.29 is 14.7 Å². The van der Waals surface area contributed by atoms with Gasteiger partial charge in [-0.15, -0.1) is 10.2 Å². The van der Waals surface area contributed by atoms with E-state index in [1.54, 1.807) is 6.92 Å². The highest BCUT2D eigenvalue weighted by Gasteiger charge is 2.30. The van der Waals surface area contributed by atoms with Crippen LogP contribution in [0.3, 0.4) is 0 Å². The lowest BCUT2D eigenvalue weighted by Crippen LogP contribution is -2.45. The van der Waals surface area contributed by atoms with Gasteiger partial charge in [-0.25, -0.2) is 0 Å². The van der Waals surface area contributed by atoms with Crippen LogP contribution < -0.4 is 0 Å². The van der Waals surface area contributed by atoms with E-state index in [2.05, 4.69) is 34.1 Å². The summed E-state index contributed by atoms with van der Waals surface area (Å²) in [6.45, 7) is 7.74. The van der Waals surface area contributed by atoms with Crippen LogP contribution in [0.1, 0.15) is 33.0 Å². The number of carbonyl (C=O) groups is 1. The second kappa shape index (κ2) is 9.89. The third-order valence-corrected chi connectivity index (χ3v) is 5.92. The number of likely N-dealkylation sites (tertiary alicyclic amines) is 1. The van der Waals surface area contributed by atoms with E-state index in [-0.39, 0.29) is 23.7 Å². The summed E-state index contributed by atoms with van der Waals surface area (Å²) in [5, 5.41) is 22.1. The van der Waals surface area contributed by atoms with Crippen LogP contribution in [-0.2, 0) is 16.1 Å². The van der Waals surface area contributed by atoms with E-state index >= 15 is 0 Å². The van der Waals surface area contributed by atoms with Gasteiger partial charge < -0.3 is 9.94 Å². The number of piperidine rings is 1. The van der Waals surface area contributed by atoms with Gasteiger partial charge >= 0.3 is 5.97 Å². The average Bonchev–Trinajstić information content (AvgIpc) is 3.12. The van der Waals surface area contributed by atoms with Gasteiger partial charge in [-0.1, -0.05) is 42.0 Å². The van der Waals surface area contributed by atoms with Crippen molar-refractivity contribution in [3.8, 4) is 5.69 Å². The number of benzene rings is 1. The second-order valence-electron chi connectivity index (χ2n) is 7.14. The maximum absolute atomic E-state index is 11.8. The molecule has 0 spiro atoms. The molecule has 2 aromatic rings. The molecular weight excluding hydrogens is 390 g/mol. The predicted molar refractivity (Wildman–Crippen MR) is 112 cm³/mol.